The number of nitrogens with zero attached hydrogens (tertiary/aromatic N) is 1. The van der Waals surface area contributed by atoms with E-state index < -0.39 is 12.1 Å². The minimum absolute atomic E-state index is 0. The molecule has 0 saturated heterocycles. The van der Waals surface area contributed by atoms with Crippen molar-refractivity contribution in [3.05, 3.63) is 52.5 Å². The lowest BCUT2D eigenvalue weighted by Crippen LogP contribution is -2.24. The molecule has 5 nitrogen and oxygen atoms in total. The van der Waals surface area contributed by atoms with Gasteiger partial charge in [0, 0.05) is 0 Å². The number of halogens is 5. The van der Waals surface area contributed by atoms with Crippen LogP contribution in [0.3, 0.4) is 0 Å². The van der Waals surface area contributed by atoms with Gasteiger partial charge in [0.2, 0.25) is 0 Å². The third-order valence-electron chi connectivity index (χ3n) is 2.82. The molecule has 0 unspecified atom stereocenters. The highest BCUT2D eigenvalue weighted by Crippen LogP contribution is 2.29. The van der Waals surface area contributed by atoms with Crippen LogP contribution in [0.15, 0.2) is 51.9 Å². The van der Waals surface area contributed by atoms with E-state index in [1.165, 1.54) is 30.3 Å². The molecule has 0 aromatic heterocycles. The lowest BCUT2D eigenvalue weighted by Gasteiger charge is -2.14. The van der Waals surface area contributed by atoms with Gasteiger partial charge in [-0.25, -0.2) is 4.99 Å². The molecule has 0 spiro atoms. The van der Waals surface area contributed by atoms with Crippen LogP contribution in [0.5, 0.6) is 11.5 Å². The molecule has 4 N–H and O–H groups in total. The van der Waals surface area contributed by atoms with E-state index in [0.717, 1.165) is 5.56 Å². The van der Waals surface area contributed by atoms with E-state index in [2.05, 4.69) is 31.0 Å². The number of aliphatic imine (C=N–C) groups is 1. The number of phenolic OH excluding ortho intramolecular Hbond substituents is 1. The molecule has 136 valence electrons. The number of alkyl halides is 3. The van der Waals surface area contributed by atoms with Crippen LogP contribution in [-0.4, -0.2) is 17.4 Å². The first-order valence-corrected chi connectivity index (χ1v) is 7.43. The molecule has 25 heavy (non-hydrogen) atoms. The average molecular weight is 532 g/mol. The van der Waals surface area contributed by atoms with Crippen molar-refractivity contribution in [1.29, 1.82) is 0 Å². The monoisotopic (exact) mass is 531 g/mol. The summed E-state index contributed by atoms with van der Waals surface area (Å²) in [6.45, 7) is 0.181. The molecule has 0 heterocycles. The number of rotatable bonds is 4. The quantitative estimate of drug-likeness (QED) is 0.306. The molecular formula is C15H14BrF3IN3O2. The van der Waals surface area contributed by atoms with E-state index in [1.54, 1.807) is 12.1 Å². The van der Waals surface area contributed by atoms with Crippen molar-refractivity contribution in [3.8, 4) is 11.5 Å². The van der Waals surface area contributed by atoms with E-state index >= 15 is 0 Å². The summed E-state index contributed by atoms with van der Waals surface area (Å²) in [5.41, 5.74) is 6.49. The number of anilines is 1. The fourth-order valence-corrected chi connectivity index (χ4v) is 2.21. The fraction of sp³-hybridized carbons (Fsp3) is 0.133. The summed E-state index contributed by atoms with van der Waals surface area (Å²) >= 11 is 3.18. The van der Waals surface area contributed by atoms with Crippen molar-refractivity contribution in [1.82, 2.24) is 0 Å². The predicted octanol–water partition coefficient (Wildman–Crippen LogP) is 4.60. The lowest BCUT2D eigenvalue weighted by molar-refractivity contribution is -0.274. The molecule has 0 aliphatic rings. The predicted molar refractivity (Wildman–Crippen MR) is 103 cm³/mol. The maximum atomic E-state index is 12.4. The van der Waals surface area contributed by atoms with Crippen molar-refractivity contribution in [2.45, 2.75) is 12.9 Å². The lowest BCUT2D eigenvalue weighted by atomic mass is 10.2. The molecule has 2 aromatic rings. The maximum Gasteiger partial charge on any atom is 0.573 e. The normalized spacial score (nSPS) is 11.6. The highest BCUT2D eigenvalue weighted by molar-refractivity contribution is 14.0. The van der Waals surface area contributed by atoms with Crippen molar-refractivity contribution in [3.63, 3.8) is 0 Å². The summed E-state index contributed by atoms with van der Waals surface area (Å²) in [5.74, 6) is -0.389. The van der Waals surface area contributed by atoms with E-state index in [4.69, 9.17) is 5.73 Å². The number of phenols is 1. The third kappa shape index (κ3) is 6.98. The van der Waals surface area contributed by atoms with Crippen LogP contribution in [-0.2, 0) is 6.54 Å². The van der Waals surface area contributed by atoms with E-state index in [9.17, 15) is 18.3 Å². The molecule has 2 rings (SSSR count). The van der Waals surface area contributed by atoms with E-state index in [-0.39, 0.29) is 47.9 Å². The Bertz CT molecular complexity index is 757. The molecule has 0 aliphatic carbocycles. The van der Waals surface area contributed by atoms with Crippen LogP contribution in [0.4, 0.5) is 18.9 Å². The Morgan fingerprint density at radius 2 is 1.92 bits per heavy atom. The number of para-hydroxylation sites is 2. The van der Waals surface area contributed by atoms with Gasteiger partial charge in [-0.3, -0.25) is 0 Å². The topological polar surface area (TPSA) is 79.9 Å². The van der Waals surface area contributed by atoms with Gasteiger partial charge >= 0.3 is 6.36 Å². The summed E-state index contributed by atoms with van der Waals surface area (Å²) in [5, 5.41) is 12.0. The summed E-state index contributed by atoms with van der Waals surface area (Å²) < 4.78 is 41.5. The van der Waals surface area contributed by atoms with Crippen LogP contribution in [0.2, 0.25) is 0 Å². The zero-order valence-corrected chi connectivity index (χ0v) is 16.5. The first kappa shape index (κ1) is 21.4. The number of guanidine groups is 1. The van der Waals surface area contributed by atoms with Crippen molar-refractivity contribution < 1.29 is 23.0 Å². The number of nitrogens with one attached hydrogen (secondary N) is 1. The third-order valence-corrected chi connectivity index (χ3v) is 3.45. The van der Waals surface area contributed by atoms with Gasteiger partial charge in [-0.1, -0.05) is 18.2 Å². The van der Waals surface area contributed by atoms with Gasteiger partial charge in [-0.2, -0.15) is 0 Å². The van der Waals surface area contributed by atoms with Gasteiger partial charge in [0.15, 0.2) is 11.7 Å². The molecule has 0 aliphatic heterocycles. The second-order valence-corrected chi connectivity index (χ2v) is 5.51. The first-order valence-electron chi connectivity index (χ1n) is 6.64. The first-order chi connectivity index (χ1) is 11.2. The number of benzene rings is 2. The minimum atomic E-state index is -4.80. The Hall–Kier alpha value is -1.69. The van der Waals surface area contributed by atoms with Crippen LogP contribution in [0, 0.1) is 0 Å². The zero-order chi connectivity index (χ0) is 17.7. The van der Waals surface area contributed by atoms with Crippen LogP contribution >= 0.6 is 39.9 Å². The molecule has 0 radical (unpaired) electrons. The van der Waals surface area contributed by atoms with Crippen molar-refractivity contribution in [2.24, 2.45) is 10.7 Å². The second-order valence-electron chi connectivity index (χ2n) is 4.66. The van der Waals surface area contributed by atoms with Crippen molar-refractivity contribution >= 4 is 51.6 Å². The molecule has 10 heteroatoms. The molecule has 0 atom stereocenters. The Morgan fingerprint density at radius 1 is 1.24 bits per heavy atom. The van der Waals surface area contributed by atoms with Gasteiger partial charge in [0.05, 0.1) is 16.7 Å². The van der Waals surface area contributed by atoms with Crippen molar-refractivity contribution in [2.75, 3.05) is 5.32 Å². The largest absolute Gasteiger partial charge is 0.573 e. The molecule has 0 saturated carbocycles. The van der Waals surface area contributed by atoms with E-state index in [1.807, 2.05) is 0 Å². The number of aromatic hydroxyl groups is 1. The Kier molecular flexibility index (Phi) is 7.80. The number of hydrogen-bond acceptors (Lipinski definition) is 3. The SMILES string of the molecule is I.NC(=NCc1ccc(O)c(Br)c1)Nc1ccccc1OC(F)(F)F. The van der Waals surface area contributed by atoms with Gasteiger partial charge < -0.3 is 20.9 Å². The molecule has 0 bridgehead atoms. The average Bonchev–Trinajstić information content (AvgIpc) is 2.49. The number of nitrogens with two attached hydrogens (primary N) is 1. The van der Waals surface area contributed by atoms with Crippen LogP contribution in [0.25, 0.3) is 0 Å². The summed E-state index contributed by atoms with van der Waals surface area (Å²) in [6, 6.07) is 10.3. The number of hydrogen-bond donors (Lipinski definition) is 3. The smallest absolute Gasteiger partial charge is 0.507 e. The summed E-state index contributed by atoms with van der Waals surface area (Å²) in [4.78, 5) is 4.04. The van der Waals surface area contributed by atoms with E-state index in [0.29, 0.717) is 4.47 Å². The Labute approximate surface area is 167 Å². The minimum Gasteiger partial charge on any atom is -0.507 e. The highest BCUT2D eigenvalue weighted by atomic mass is 127. The van der Waals surface area contributed by atoms with Gasteiger partial charge in [-0.05, 0) is 45.8 Å². The van der Waals surface area contributed by atoms with Gasteiger partial charge in [0.1, 0.15) is 5.75 Å². The van der Waals surface area contributed by atoms with Gasteiger partial charge in [-0.15, -0.1) is 37.1 Å². The maximum absolute atomic E-state index is 12.4. The molecule has 0 amide bonds. The van der Waals surface area contributed by atoms with Gasteiger partial charge in [0.25, 0.3) is 0 Å². The zero-order valence-electron chi connectivity index (χ0n) is 12.5. The summed E-state index contributed by atoms with van der Waals surface area (Å²) in [7, 11) is 0. The number of ether oxygens (including phenoxy) is 1. The van der Waals surface area contributed by atoms with Crippen LogP contribution < -0.4 is 15.8 Å². The standard InChI is InChI=1S/C15H13BrF3N3O2.HI/c16-10-7-9(5-6-12(10)23)8-21-14(20)22-11-3-1-2-4-13(11)24-15(17,18)19;/h1-7,23H,8H2,(H3,20,21,22);1H. The highest BCUT2D eigenvalue weighted by Gasteiger charge is 2.32. The fourth-order valence-electron chi connectivity index (χ4n) is 1.79. The molecule has 2 aromatic carbocycles. The second kappa shape index (κ2) is 9.13. The molecule has 0 fully saturated rings. The van der Waals surface area contributed by atoms with Crippen LogP contribution in [0.1, 0.15) is 5.56 Å². The summed E-state index contributed by atoms with van der Waals surface area (Å²) in [6.07, 6.45) is -4.80. The Balaban J connectivity index is 0.00000312. The Morgan fingerprint density at radius 3 is 2.56 bits per heavy atom. The molecular weight excluding hydrogens is 518 g/mol.